The molecule has 164 valence electrons. The number of likely N-dealkylation sites (tertiary alicyclic amines) is 1. The van der Waals surface area contributed by atoms with E-state index in [0.717, 1.165) is 43.9 Å². The zero-order chi connectivity index (χ0) is 20.9. The fourth-order valence-electron chi connectivity index (χ4n) is 4.58. The van der Waals surface area contributed by atoms with Gasteiger partial charge in [0.1, 0.15) is 11.6 Å². The van der Waals surface area contributed by atoms with E-state index >= 15 is 0 Å². The van der Waals surface area contributed by atoms with Crippen LogP contribution >= 0.6 is 11.9 Å². The predicted molar refractivity (Wildman–Crippen MR) is 116 cm³/mol. The quantitative estimate of drug-likeness (QED) is 0.741. The summed E-state index contributed by atoms with van der Waals surface area (Å²) in [6, 6.07) is 5.12. The molecule has 2 unspecified atom stereocenters. The molecule has 2 N–H and O–H groups in total. The highest BCUT2D eigenvalue weighted by Gasteiger charge is 2.42. The predicted octanol–water partition coefficient (Wildman–Crippen LogP) is 3.91. The maximum Gasteiger partial charge on any atom is 0.123 e. The van der Waals surface area contributed by atoms with Gasteiger partial charge in [-0.15, -0.1) is 0 Å². The van der Waals surface area contributed by atoms with Gasteiger partial charge in [0, 0.05) is 30.4 Å². The molecule has 2 atom stereocenters. The van der Waals surface area contributed by atoms with Crippen LogP contribution in [0.25, 0.3) is 0 Å². The summed E-state index contributed by atoms with van der Waals surface area (Å²) in [5.74, 6) is -0.821. The summed E-state index contributed by atoms with van der Waals surface area (Å²) < 4.78 is 32.1. The Morgan fingerprint density at radius 2 is 1.62 bits per heavy atom. The maximum absolute atomic E-state index is 11.9. The topological polar surface area (TPSA) is 41.7 Å². The Balaban J connectivity index is 0.000000252. The van der Waals surface area contributed by atoms with E-state index < -0.39 is 11.6 Å². The highest BCUT2D eigenvalue weighted by molar-refractivity contribution is 7.97. The van der Waals surface area contributed by atoms with E-state index in [1.165, 1.54) is 45.4 Å². The summed E-state index contributed by atoms with van der Waals surface area (Å²) in [5, 5.41) is 0.709. The Hall–Kier alpha value is -0.730. The van der Waals surface area contributed by atoms with Gasteiger partial charge >= 0.3 is 0 Å². The maximum atomic E-state index is 11.9. The van der Waals surface area contributed by atoms with Crippen LogP contribution in [-0.4, -0.2) is 65.9 Å². The Kier molecular flexibility index (Phi) is 8.33. The molecule has 3 aliphatic heterocycles. The van der Waals surface area contributed by atoms with Crippen molar-refractivity contribution in [2.24, 2.45) is 11.1 Å². The van der Waals surface area contributed by atoms with Gasteiger partial charge in [0.25, 0.3) is 0 Å². The van der Waals surface area contributed by atoms with E-state index in [1.807, 2.05) is 11.9 Å². The molecule has 0 radical (unpaired) electrons. The number of benzene rings is 1. The van der Waals surface area contributed by atoms with E-state index in [9.17, 15) is 8.78 Å². The van der Waals surface area contributed by atoms with Crippen molar-refractivity contribution in [1.82, 2.24) is 9.21 Å². The van der Waals surface area contributed by atoms with Crippen LogP contribution in [-0.2, 0) is 4.74 Å². The minimum Gasteiger partial charge on any atom is -0.378 e. The van der Waals surface area contributed by atoms with Gasteiger partial charge < -0.3 is 10.5 Å². The minimum absolute atomic E-state index is 0.240. The molecule has 1 aromatic carbocycles. The Morgan fingerprint density at radius 3 is 2.17 bits per heavy atom. The zero-order valence-corrected chi connectivity index (χ0v) is 18.5. The Labute approximate surface area is 178 Å². The second-order valence-electron chi connectivity index (χ2n) is 8.93. The number of piperidine rings is 1. The molecule has 0 aromatic heterocycles. The molecule has 0 amide bonds. The lowest BCUT2D eigenvalue weighted by atomic mass is 9.77. The van der Waals surface area contributed by atoms with Crippen molar-refractivity contribution in [2.45, 2.75) is 56.9 Å². The SMILES string of the molecule is CC(C)SN1CCC2(CCN(C3COCC(N)C3)CC2)C1.Fc1ccc(F)cc1. The first kappa shape index (κ1) is 22.9. The third kappa shape index (κ3) is 6.89. The molecule has 3 aliphatic rings. The molecule has 29 heavy (non-hydrogen) atoms. The number of hydrogen-bond donors (Lipinski definition) is 1. The largest absolute Gasteiger partial charge is 0.378 e. The molecule has 0 aliphatic carbocycles. The summed E-state index contributed by atoms with van der Waals surface area (Å²) in [6.07, 6.45) is 5.21. The van der Waals surface area contributed by atoms with Gasteiger partial charge in [0.05, 0.1) is 13.2 Å². The molecular formula is C22H35F2N3OS. The van der Waals surface area contributed by atoms with Crippen molar-refractivity contribution in [1.29, 1.82) is 0 Å². The van der Waals surface area contributed by atoms with Gasteiger partial charge in [-0.1, -0.05) is 25.8 Å². The fourth-order valence-corrected chi connectivity index (χ4v) is 5.72. The van der Waals surface area contributed by atoms with Crippen LogP contribution in [0.4, 0.5) is 8.78 Å². The number of hydrogen-bond acceptors (Lipinski definition) is 5. The molecule has 7 heteroatoms. The van der Waals surface area contributed by atoms with Crippen molar-refractivity contribution in [3.63, 3.8) is 0 Å². The normalized spacial score (nSPS) is 27.8. The molecule has 0 saturated carbocycles. The summed E-state index contributed by atoms with van der Waals surface area (Å²) in [7, 11) is 0. The van der Waals surface area contributed by atoms with Gasteiger partial charge in [-0.3, -0.25) is 4.90 Å². The van der Waals surface area contributed by atoms with Crippen LogP contribution in [0, 0.1) is 17.0 Å². The standard InChI is InChI=1S/C16H31N3OS.C6H4F2/c1-13(2)21-19-8-5-16(12-19)3-6-18(7-4-16)15-9-14(17)10-20-11-15;7-5-1-2-6(8)4-3-5/h13-15H,3-12,17H2,1-2H3;1-4H. The first-order chi connectivity index (χ1) is 13.8. The molecule has 3 saturated heterocycles. The highest BCUT2D eigenvalue weighted by atomic mass is 32.2. The number of ether oxygens (including phenoxy) is 1. The summed E-state index contributed by atoms with van der Waals surface area (Å²) in [4.78, 5) is 2.64. The smallest absolute Gasteiger partial charge is 0.123 e. The summed E-state index contributed by atoms with van der Waals surface area (Å²) in [6.45, 7) is 11.3. The summed E-state index contributed by atoms with van der Waals surface area (Å²) >= 11 is 2.04. The first-order valence-electron chi connectivity index (χ1n) is 10.8. The third-order valence-electron chi connectivity index (χ3n) is 6.16. The van der Waals surface area contributed by atoms with E-state index in [-0.39, 0.29) is 6.04 Å². The van der Waals surface area contributed by atoms with Crippen molar-refractivity contribution in [3.05, 3.63) is 35.9 Å². The minimum atomic E-state index is -0.411. The monoisotopic (exact) mass is 427 g/mol. The lowest BCUT2D eigenvalue weighted by Gasteiger charge is -2.44. The number of rotatable bonds is 3. The van der Waals surface area contributed by atoms with Crippen molar-refractivity contribution >= 4 is 11.9 Å². The number of nitrogens with zero attached hydrogens (tertiary/aromatic N) is 2. The second kappa shape index (κ2) is 10.5. The lowest BCUT2D eigenvalue weighted by Crippen LogP contribution is -2.52. The number of halogens is 2. The van der Waals surface area contributed by atoms with Crippen LogP contribution in [0.5, 0.6) is 0 Å². The average molecular weight is 428 g/mol. The van der Waals surface area contributed by atoms with Gasteiger partial charge in [-0.25, -0.2) is 13.1 Å². The van der Waals surface area contributed by atoms with Gasteiger partial charge in [-0.2, -0.15) is 0 Å². The zero-order valence-electron chi connectivity index (χ0n) is 17.7. The van der Waals surface area contributed by atoms with Crippen molar-refractivity contribution in [2.75, 3.05) is 39.4 Å². The van der Waals surface area contributed by atoms with Crippen LogP contribution in [0.1, 0.15) is 39.5 Å². The molecule has 4 rings (SSSR count). The van der Waals surface area contributed by atoms with Gasteiger partial charge in [0.2, 0.25) is 0 Å². The molecular weight excluding hydrogens is 392 g/mol. The number of nitrogens with two attached hydrogens (primary N) is 1. The summed E-state index contributed by atoms with van der Waals surface area (Å²) in [5.41, 5.74) is 6.64. The molecule has 1 spiro atoms. The van der Waals surface area contributed by atoms with E-state index in [2.05, 4.69) is 23.1 Å². The average Bonchev–Trinajstić information content (AvgIpc) is 3.06. The Bertz CT molecular complexity index is 602. The van der Waals surface area contributed by atoms with E-state index in [1.54, 1.807) is 0 Å². The van der Waals surface area contributed by atoms with Crippen LogP contribution < -0.4 is 5.73 Å². The van der Waals surface area contributed by atoms with Crippen molar-refractivity contribution < 1.29 is 13.5 Å². The van der Waals surface area contributed by atoms with Crippen LogP contribution in [0.15, 0.2) is 24.3 Å². The highest BCUT2D eigenvalue weighted by Crippen LogP contribution is 2.43. The molecule has 4 nitrogen and oxygen atoms in total. The van der Waals surface area contributed by atoms with Crippen LogP contribution in [0.2, 0.25) is 0 Å². The third-order valence-corrected chi connectivity index (χ3v) is 7.19. The molecule has 3 heterocycles. The second-order valence-corrected chi connectivity index (χ2v) is 10.6. The first-order valence-corrected chi connectivity index (χ1v) is 11.6. The molecule has 0 bridgehead atoms. The van der Waals surface area contributed by atoms with E-state index in [4.69, 9.17) is 10.5 Å². The van der Waals surface area contributed by atoms with E-state index in [0.29, 0.717) is 16.7 Å². The van der Waals surface area contributed by atoms with Gasteiger partial charge in [0.15, 0.2) is 0 Å². The lowest BCUT2D eigenvalue weighted by molar-refractivity contribution is -0.0149. The van der Waals surface area contributed by atoms with Crippen LogP contribution in [0.3, 0.4) is 0 Å². The fraction of sp³-hybridized carbons (Fsp3) is 0.727. The van der Waals surface area contributed by atoms with Gasteiger partial charge in [-0.05, 0) is 68.5 Å². The molecule has 3 fully saturated rings. The Morgan fingerprint density at radius 1 is 1.03 bits per heavy atom. The van der Waals surface area contributed by atoms with Crippen molar-refractivity contribution in [3.8, 4) is 0 Å². The molecule has 1 aromatic rings.